The Morgan fingerprint density at radius 1 is 1.33 bits per heavy atom. The minimum atomic E-state index is 0. The fourth-order valence-electron chi connectivity index (χ4n) is 0.628. The van der Waals surface area contributed by atoms with Gasteiger partial charge in [0.25, 0.3) is 0 Å². The third-order valence-electron chi connectivity index (χ3n) is 1.00. The Hall–Kier alpha value is 1.21. The first-order valence-corrected chi connectivity index (χ1v) is 2.99. The average Bonchev–Trinajstić information content (AvgIpc) is 1.64. The molecule has 0 saturated carbocycles. The molecule has 0 bridgehead atoms. The number of aryl methyl sites for hydroxylation is 1. The van der Waals surface area contributed by atoms with Crippen LogP contribution in [0.15, 0.2) is 29.2 Å². The molecule has 0 nitrogen and oxygen atoms in total. The molecule has 1 aromatic rings. The van der Waals surface area contributed by atoms with E-state index >= 15 is 0 Å². The van der Waals surface area contributed by atoms with E-state index < -0.39 is 0 Å². The fraction of sp³-hybridized carbons (Fsp3) is 0.143. The summed E-state index contributed by atoms with van der Waals surface area (Å²) >= 11 is 4.15. The van der Waals surface area contributed by atoms with Crippen molar-refractivity contribution in [2.24, 2.45) is 0 Å². The predicted octanol–water partition coefficient (Wildman–Crippen LogP) is -0.712. The molecule has 0 aliphatic rings. The van der Waals surface area contributed by atoms with Crippen LogP contribution in [0.4, 0.5) is 0 Å². The number of hydrogen-bond donors (Lipinski definition) is 1. The molecule has 1 aromatic carbocycles. The molecule has 0 fully saturated rings. The van der Waals surface area contributed by atoms with Gasteiger partial charge >= 0.3 is 51.4 Å². The van der Waals surface area contributed by atoms with E-state index in [4.69, 9.17) is 0 Å². The summed E-state index contributed by atoms with van der Waals surface area (Å²) in [6.45, 7) is 2.06. The number of benzene rings is 1. The van der Waals surface area contributed by atoms with Crippen LogP contribution in [-0.2, 0) is 0 Å². The van der Waals surface area contributed by atoms with Gasteiger partial charge in [-0.2, -0.15) is 0 Å². The average molecular weight is 163 g/mol. The van der Waals surface area contributed by atoms with Gasteiger partial charge in [-0.25, -0.2) is 0 Å². The van der Waals surface area contributed by atoms with Gasteiger partial charge in [0.2, 0.25) is 0 Å². The van der Waals surface area contributed by atoms with Gasteiger partial charge in [0.05, 0.1) is 0 Å². The summed E-state index contributed by atoms with van der Waals surface area (Å²) in [6, 6.07) is 8.05. The number of thiol groups is 1. The maximum absolute atomic E-state index is 4.15. The molecular weight excluding hydrogens is 155 g/mol. The smallest absolute Gasteiger partial charge is 0.143 e. The van der Waals surface area contributed by atoms with Crippen molar-refractivity contribution < 1.29 is 51.4 Å². The number of rotatable bonds is 0. The molecule has 0 radical (unpaired) electrons. The van der Waals surface area contributed by atoms with E-state index in [1.165, 1.54) is 5.56 Å². The Balaban J connectivity index is 0.000000640. The topological polar surface area (TPSA) is 0 Å². The van der Waals surface area contributed by atoms with Crippen LogP contribution in [0.1, 0.15) is 5.56 Å². The second kappa shape index (κ2) is 4.94. The standard InChI is InChI=1S/C7H8S.K/c1-6-3-2-4-7(8)5-6;/h2-5,8H,1H3;/q;+1. The molecular formula is C7H8KS+. The summed E-state index contributed by atoms with van der Waals surface area (Å²) < 4.78 is 0. The molecule has 0 heterocycles. The molecule has 0 atom stereocenters. The Kier molecular flexibility index (Phi) is 5.60. The molecule has 0 aliphatic heterocycles. The second-order valence-electron chi connectivity index (χ2n) is 1.84. The SMILES string of the molecule is Cc1cccc(S)c1.[K+]. The van der Waals surface area contributed by atoms with Crippen LogP contribution in [0.5, 0.6) is 0 Å². The quantitative estimate of drug-likeness (QED) is 0.379. The van der Waals surface area contributed by atoms with Crippen molar-refractivity contribution >= 4 is 12.6 Å². The first kappa shape index (κ1) is 10.2. The zero-order valence-electron chi connectivity index (χ0n) is 5.76. The van der Waals surface area contributed by atoms with Gasteiger partial charge in [-0.3, -0.25) is 0 Å². The summed E-state index contributed by atoms with van der Waals surface area (Å²) in [5.41, 5.74) is 1.26. The van der Waals surface area contributed by atoms with Crippen LogP contribution in [-0.4, -0.2) is 0 Å². The van der Waals surface area contributed by atoms with Gasteiger partial charge in [0.15, 0.2) is 0 Å². The maximum atomic E-state index is 4.15. The van der Waals surface area contributed by atoms with Gasteiger partial charge in [-0.1, -0.05) is 17.7 Å². The third-order valence-corrected chi connectivity index (χ3v) is 1.28. The van der Waals surface area contributed by atoms with Crippen LogP contribution < -0.4 is 51.4 Å². The van der Waals surface area contributed by atoms with Crippen LogP contribution in [0.3, 0.4) is 0 Å². The minimum absolute atomic E-state index is 0. The van der Waals surface area contributed by atoms with E-state index in [0.29, 0.717) is 0 Å². The summed E-state index contributed by atoms with van der Waals surface area (Å²) in [5, 5.41) is 0. The monoisotopic (exact) mass is 163 g/mol. The molecule has 42 valence electrons. The molecule has 0 unspecified atom stereocenters. The van der Waals surface area contributed by atoms with E-state index in [2.05, 4.69) is 25.6 Å². The van der Waals surface area contributed by atoms with Crippen molar-refractivity contribution in [3.05, 3.63) is 29.8 Å². The number of hydrogen-bond acceptors (Lipinski definition) is 1. The van der Waals surface area contributed by atoms with Crippen LogP contribution in [0, 0.1) is 6.92 Å². The van der Waals surface area contributed by atoms with E-state index in [-0.39, 0.29) is 51.4 Å². The summed E-state index contributed by atoms with van der Waals surface area (Å²) in [4.78, 5) is 1.03. The van der Waals surface area contributed by atoms with Crippen molar-refractivity contribution in [2.45, 2.75) is 11.8 Å². The van der Waals surface area contributed by atoms with Crippen molar-refractivity contribution in [1.82, 2.24) is 0 Å². The van der Waals surface area contributed by atoms with Gasteiger partial charge in [-0.05, 0) is 19.1 Å². The zero-order chi connectivity index (χ0) is 5.98. The van der Waals surface area contributed by atoms with Crippen LogP contribution in [0.25, 0.3) is 0 Å². The molecule has 0 aromatic heterocycles. The molecule has 0 saturated heterocycles. The van der Waals surface area contributed by atoms with Crippen molar-refractivity contribution in [3.63, 3.8) is 0 Å². The summed E-state index contributed by atoms with van der Waals surface area (Å²) in [7, 11) is 0. The minimum Gasteiger partial charge on any atom is -0.143 e. The predicted molar refractivity (Wildman–Crippen MR) is 38.4 cm³/mol. The Morgan fingerprint density at radius 2 is 2.00 bits per heavy atom. The van der Waals surface area contributed by atoms with Crippen LogP contribution >= 0.6 is 12.6 Å². The fourth-order valence-corrected chi connectivity index (χ4v) is 0.918. The molecule has 0 spiro atoms. The van der Waals surface area contributed by atoms with Gasteiger partial charge < -0.3 is 0 Å². The maximum Gasteiger partial charge on any atom is 1.00 e. The summed E-state index contributed by atoms with van der Waals surface area (Å²) in [5.74, 6) is 0. The Morgan fingerprint density at radius 3 is 2.33 bits per heavy atom. The van der Waals surface area contributed by atoms with E-state index in [1.54, 1.807) is 0 Å². The first-order chi connectivity index (χ1) is 3.79. The Labute approximate surface area is 104 Å². The van der Waals surface area contributed by atoms with E-state index in [0.717, 1.165) is 4.90 Å². The van der Waals surface area contributed by atoms with E-state index in [1.807, 2.05) is 18.2 Å². The van der Waals surface area contributed by atoms with Crippen molar-refractivity contribution in [3.8, 4) is 0 Å². The molecule has 9 heavy (non-hydrogen) atoms. The van der Waals surface area contributed by atoms with Gasteiger partial charge in [-0.15, -0.1) is 12.6 Å². The third kappa shape index (κ3) is 3.81. The van der Waals surface area contributed by atoms with Gasteiger partial charge in [0.1, 0.15) is 0 Å². The van der Waals surface area contributed by atoms with Crippen molar-refractivity contribution in [2.75, 3.05) is 0 Å². The summed E-state index contributed by atoms with van der Waals surface area (Å²) in [6.07, 6.45) is 0. The molecule has 0 N–H and O–H groups in total. The van der Waals surface area contributed by atoms with Crippen molar-refractivity contribution in [1.29, 1.82) is 0 Å². The molecule has 0 aliphatic carbocycles. The van der Waals surface area contributed by atoms with Crippen LogP contribution in [0.2, 0.25) is 0 Å². The Bertz CT molecular complexity index is 169. The largest absolute Gasteiger partial charge is 1.00 e. The molecule has 0 amide bonds. The molecule has 2 heteroatoms. The van der Waals surface area contributed by atoms with E-state index in [9.17, 15) is 0 Å². The second-order valence-corrected chi connectivity index (χ2v) is 2.36. The molecule has 1 rings (SSSR count). The zero-order valence-corrected chi connectivity index (χ0v) is 9.77. The normalized spacial score (nSPS) is 8.22. The van der Waals surface area contributed by atoms with Gasteiger partial charge in [0, 0.05) is 4.90 Å². The first-order valence-electron chi connectivity index (χ1n) is 2.54.